The molecular weight excluding hydrogens is 292 g/mol. The Hall–Kier alpha value is -1.89. The molecule has 0 radical (unpaired) electrons. The van der Waals surface area contributed by atoms with Gasteiger partial charge in [0.2, 0.25) is 5.91 Å². The quantitative estimate of drug-likeness (QED) is 0.867. The summed E-state index contributed by atoms with van der Waals surface area (Å²) in [4.78, 5) is 25.2. The number of nitrogens with one attached hydrogen (secondary N) is 1. The summed E-state index contributed by atoms with van der Waals surface area (Å²) in [5, 5.41) is 2.77. The van der Waals surface area contributed by atoms with E-state index in [2.05, 4.69) is 5.32 Å². The Morgan fingerprint density at radius 3 is 2.43 bits per heavy atom. The monoisotopic (exact) mass is 310 g/mol. The number of likely N-dealkylation sites (tertiary alicyclic amines) is 1. The van der Waals surface area contributed by atoms with Gasteiger partial charge in [0.25, 0.3) is 5.91 Å². The van der Waals surface area contributed by atoms with Crippen molar-refractivity contribution in [3.63, 3.8) is 0 Å². The molecule has 1 unspecified atom stereocenters. The molecule has 1 fully saturated rings. The molecule has 1 heterocycles. The van der Waals surface area contributed by atoms with Gasteiger partial charge >= 0.3 is 0 Å². The molecule has 2 amide bonds. The van der Waals surface area contributed by atoms with Gasteiger partial charge in [-0.15, -0.1) is 0 Å². The van der Waals surface area contributed by atoms with E-state index in [1.54, 1.807) is 11.9 Å². The topological polar surface area (TPSA) is 83.6 Å². The van der Waals surface area contributed by atoms with Gasteiger partial charge in [-0.1, -0.05) is 0 Å². The third kappa shape index (κ3) is 3.81. The number of amides is 2. The van der Waals surface area contributed by atoms with Crippen molar-refractivity contribution >= 4 is 21.7 Å². The number of rotatable bonds is 4. The summed E-state index contributed by atoms with van der Waals surface area (Å²) in [6, 6.07) is 5.80. The summed E-state index contributed by atoms with van der Waals surface area (Å²) < 4.78 is 22.7. The summed E-state index contributed by atoms with van der Waals surface area (Å²) in [5.74, 6) is -0.0504. The van der Waals surface area contributed by atoms with Gasteiger partial charge < -0.3 is 10.2 Å². The molecule has 1 saturated heterocycles. The minimum atomic E-state index is -3.26. The second-order valence-corrected chi connectivity index (χ2v) is 7.37. The molecule has 1 aliphatic heterocycles. The maximum atomic E-state index is 12.0. The van der Waals surface area contributed by atoms with Gasteiger partial charge in [0.1, 0.15) is 0 Å². The Labute approximate surface area is 124 Å². The van der Waals surface area contributed by atoms with Crippen molar-refractivity contribution in [1.29, 1.82) is 0 Å². The molecule has 7 heteroatoms. The normalized spacial score (nSPS) is 18.9. The van der Waals surface area contributed by atoms with Crippen LogP contribution in [0.4, 0.5) is 0 Å². The van der Waals surface area contributed by atoms with Gasteiger partial charge in [-0.05, 0) is 24.3 Å². The standard InChI is InChI=1S/C14H18N2O4S/c1-16-9-10(7-13(16)17)8-15-14(18)11-3-5-12(6-4-11)21(2,19)20/h3-6,10H,7-9H2,1-2H3,(H,15,18). The van der Waals surface area contributed by atoms with E-state index in [4.69, 9.17) is 0 Å². The van der Waals surface area contributed by atoms with Crippen molar-refractivity contribution in [1.82, 2.24) is 10.2 Å². The van der Waals surface area contributed by atoms with E-state index in [0.717, 1.165) is 6.26 Å². The predicted molar refractivity (Wildman–Crippen MR) is 77.6 cm³/mol. The van der Waals surface area contributed by atoms with Crippen LogP contribution in [0.2, 0.25) is 0 Å². The fourth-order valence-electron chi connectivity index (χ4n) is 2.29. The molecule has 2 rings (SSSR count). The first-order valence-electron chi connectivity index (χ1n) is 6.59. The number of carbonyl (C=O) groups is 2. The van der Waals surface area contributed by atoms with Crippen LogP contribution < -0.4 is 5.32 Å². The number of hydrogen-bond donors (Lipinski definition) is 1. The van der Waals surface area contributed by atoms with Crippen LogP contribution in [0.1, 0.15) is 16.8 Å². The molecule has 21 heavy (non-hydrogen) atoms. The van der Waals surface area contributed by atoms with Crippen LogP contribution in [-0.2, 0) is 14.6 Å². The molecule has 0 aromatic heterocycles. The third-order valence-electron chi connectivity index (χ3n) is 3.52. The molecule has 1 aromatic rings. The van der Waals surface area contributed by atoms with Crippen molar-refractivity contribution in [2.45, 2.75) is 11.3 Å². The fourth-order valence-corrected chi connectivity index (χ4v) is 2.92. The van der Waals surface area contributed by atoms with E-state index < -0.39 is 9.84 Å². The highest BCUT2D eigenvalue weighted by Crippen LogP contribution is 2.15. The van der Waals surface area contributed by atoms with Crippen LogP contribution in [-0.4, -0.2) is 51.5 Å². The molecule has 1 atom stereocenters. The first-order valence-corrected chi connectivity index (χ1v) is 8.49. The summed E-state index contributed by atoms with van der Waals surface area (Å²) >= 11 is 0. The molecule has 0 saturated carbocycles. The van der Waals surface area contributed by atoms with Gasteiger partial charge in [-0.3, -0.25) is 9.59 Å². The number of nitrogens with zero attached hydrogens (tertiary/aromatic N) is 1. The van der Waals surface area contributed by atoms with Gasteiger partial charge in [-0.25, -0.2) is 8.42 Å². The zero-order valence-electron chi connectivity index (χ0n) is 12.0. The smallest absolute Gasteiger partial charge is 0.251 e. The second kappa shape index (κ2) is 5.85. The number of benzene rings is 1. The van der Waals surface area contributed by atoms with Crippen molar-refractivity contribution in [2.75, 3.05) is 26.4 Å². The largest absolute Gasteiger partial charge is 0.352 e. The average Bonchev–Trinajstić information content (AvgIpc) is 2.74. The molecule has 0 spiro atoms. The van der Waals surface area contributed by atoms with Crippen LogP contribution in [0.25, 0.3) is 0 Å². The van der Waals surface area contributed by atoms with E-state index in [9.17, 15) is 18.0 Å². The minimum absolute atomic E-state index is 0.0896. The molecule has 114 valence electrons. The van der Waals surface area contributed by atoms with Crippen molar-refractivity contribution in [3.05, 3.63) is 29.8 Å². The van der Waals surface area contributed by atoms with Crippen LogP contribution in [0, 0.1) is 5.92 Å². The van der Waals surface area contributed by atoms with Crippen molar-refractivity contribution in [2.24, 2.45) is 5.92 Å². The first-order chi connectivity index (χ1) is 9.77. The molecule has 0 bridgehead atoms. The van der Waals surface area contributed by atoms with Crippen molar-refractivity contribution < 1.29 is 18.0 Å². The summed E-state index contributed by atoms with van der Waals surface area (Å²) in [6.07, 6.45) is 1.57. The average molecular weight is 310 g/mol. The zero-order chi connectivity index (χ0) is 15.6. The van der Waals surface area contributed by atoms with Gasteiger partial charge in [0.05, 0.1) is 4.90 Å². The molecular formula is C14H18N2O4S. The van der Waals surface area contributed by atoms with E-state index in [0.29, 0.717) is 25.1 Å². The molecule has 1 aliphatic rings. The van der Waals surface area contributed by atoms with Crippen LogP contribution >= 0.6 is 0 Å². The van der Waals surface area contributed by atoms with E-state index >= 15 is 0 Å². The lowest BCUT2D eigenvalue weighted by Crippen LogP contribution is -2.30. The Morgan fingerprint density at radius 1 is 1.33 bits per heavy atom. The van der Waals surface area contributed by atoms with E-state index in [1.807, 2.05) is 0 Å². The highest BCUT2D eigenvalue weighted by Gasteiger charge is 2.26. The van der Waals surface area contributed by atoms with Gasteiger partial charge in [0, 0.05) is 44.3 Å². The molecule has 1 aromatic carbocycles. The summed E-state index contributed by atoms with van der Waals surface area (Å²) in [5.41, 5.74) is 0.403. The lowest BCUT2D eigenvalue weighted by Gasteiger charge is -2.11. The Kier molecular flexibility index (Phi) is 4.32. The van der Waals surface area contributed by atoms with Crippen LogP contribution in [0.5, 0.6) is 0 Å². The maximum absolute atomic E-state index is 12.0. The van der Waals surface area contributed by atoms with Crippen molar-refractivity contribution in [3.8, 4) is 0 Å². The van der Waals surface area contributed by atoms with Gasteiger partial charge in [0.15, 0.2) is 9.84 Å². The van der Waals surface area contributed by atoms with Gasteiger partial charge in [-0.2, -0.15) is 0 Å². The maximum Gasteiger partial charge on any atom is 0.251 e. The second-order valence-electron chi connectivity index (χ2n) is 5.35. The summed E-state index contributed by atoms with van der Waals surface area (Å²) in [6.45, 7) is 1.08. The Balaban J connectivity index is 1.93. The van der Waals surface area contributed by atoms with Crippen LogP contribution in [0.3, 0.4) is 0 Å². The molecule has 0 aliphatic carbocycles. The minimum Gasteiger partial charge on any atom is -0.352 e. The van der Waals surface area contributed by atoms with Crippen LogP contribution in [0.15, 0.2) is 29.2 Å². The number of sulfone groups is 1. The zero-order valence-corrected chi connectivity index (χ0v) is 12.8. The lowest BCUT2D eigenvalue weighted by atomic mass is 10.1. The molecule has 1 N–H and O–H groups in total. The lowest BCUT2D eigenvalue weighted by molar-refractivity contribution is -0.126. The van der Waals surface area contributed by atoms with E-state index in [1.165, 1.54) is 24.3 Å². The Morgan fingerprint density at radius 2 is 1.95 bits per heavy atom. The highest BCUT2D eigenvalue weighted by atomic mass is 32.2. The fraction of sp³-hybridized carbons (Fsp3) is 0.429. The Bertz CT molecular complexity index is 652. The SMILES string of the molecule is CN1CC(CNC(=O)c2ccc(S(C)(=O)=O)cc2)CC1=O. The predicted octanol–water partition coefficient (Wildman–Crippen LogP) is 0.298. The molecule has 6 nitrogen and oxygen atoms in total. The first kappa shape index (κ1) is 15.5. The summed E-state index contributed by atoms with van der Waals surface area (Å²) in [7, 11) is -1.51. The highest BCUT2D eigenvalue weighted by molar-refractivity contribution is 7.90. The van der Waals surface area contributed by atoms with E-state index in [-0.39, 0.29) is 22.6 Å². The third-order valence-corrected chi connectivity index (χ3v) is 4.65. The number of hydrogen-bond acceptors (Lipinski definition) is 4. The number of carbonyl (C=O) groups excluding carboxylic acids is 2.